The maximum Gasteiger partial charge on any atom is 0.290 e. The number of aliphatic hydroxyl groups excluding tert-OH is 1. The number of likely N-dealkylation sites (N-methyl/N-ethyl adjacent to an activating group) is 1. The molecule has 0 fully saturated rings. The fraction of sp³-hybridized carbons (Fsp3) is 0.217. The molecule has 0 saturated carbocycles. The summed E-state index contributed by atoms with van der Waals surface area (Å²) < 4.78 is 20.4. The molecule has 1 atom stereocenters. The molecule has 1 aliphatic rings. The van der Waals surface area contributed by atoms with Crippen LogP contribution in [0.3, 0.4) is 0 Å². The molecule has 0 bridgehead atoms. The third kappa shape index (κ3) is 3.82. The quantitative estimate of drug-likeness (QED) is 0.574. The highest BCUT2D eigenvalue weighted by atomic mass is 35.5. The number of nitrogens with zero attached hydrogens (tertiary/aromatic N) is 2. The molecule has 4 rings (SSSR count). The number of amides is 1. The first-order valence-electron chi connectivity index (χ1n) is 9.65. The average Bonchev–Trinajstić information content (AvgIpc) is 3.25. The lowest BCUT2D eigenvalue weighted by molar-refractivity contribution is -0.129. The van der Waals surface area contributed by atoms with Gasteiger partial charge in [0.1, 0.15) is 11.4 Å². The van der Waals surface area contributed by atoms with Gasteiger partial charge in [0.15, 0.2) is 11.5 Å². The topological polar surface area (TPSA) is 74.0 Å². The Hall–Kier alpha value is -3.16. The van der Waals surface area contributed by atoms with Crippen LogP contribution >= 0.6 is 11.6 Å². The van der Waals surface area contributed by atoms with Gasteiger partial charge in [0.05, 0.1) is 11.6 Å². The normalized spacial score (nSPS) is 16.7. The second kappa shape index (κ2) is 8.17. The molecule has 31 heavy (non-hydrogen) atoms. The average molecular weight is 443 g/mol. The minimum absolute atomic E-state index is 0.0672. The van der Waals surface area contributed by atoms with Crippen molar-refractivity contribution in [1.29, 1.82) is 0 Å². The van der Waals surface area contributed by atoms with Gasteiger partial charge in [-0.1, -0.05) is 29.8 Å². The summed E-state index contributed by atoms with van der Waals surface area (Å²) in [6.45, 7) is 0.663. The molecule has 1 aromatic heterocycles. The van der Waals surface area contributed by atoms with Crippen LogP contribution in [0.2, 0.25) is 5.02 Å². The van der Waals surface area contributed by atoms with Gasteiger partial charge < -0.3 is 19.3 Å². The zero-order valence-corrected chi connectivity index (χ0v) is 17.7. The van der Waals surface area contributed by atoms with Crippen LogP contribution in [0.5, 0.6) is 0 Å². The van der Waals surface area contributed by atoms with E-state index in [1.807, 2.05) is 19.0 Å². The Labute approximate surface area is 183 Å². The number of benzene rings is 2. The molecule has 2 heterocycles. The highest BCUT2D eigenvalue weighted by Crippen LogP contribution is 2.40. The van der Waals surface area contributed by atoms with E-state index in [9.17, 15) is 19.1 Å². The van der Waals surface area contributed by atoms with Crippen LogP contribution in [0.15, 0.2) is 64.3 Å². The number of ketones is 1. The van der Waals surface area contributed by atoms with Crippen LogP contribution in [0, 0.1) is 5.82 Å². The zero-order valence-electron chi connectivity index (χ0n) is 16.9. The van der Waals surface area contributed by atoms with Crippen LogP contribution in [-0.4, -0.2) is 53.8 Å². The van der Waals surface area contributed by atoms with Crippen molar-refractivity contribution in [2.75, 3.05) is 27.2 Å². The van der Waals surface area contributed by atoms with Crippen molar-refractivity contribution >= 4 is 34.3 Å². The summed E-state index contributed by atoms with van der Waals surface area (Å²) in [5.74, 6) is -2.75. The molecule has 3 aromatic rings. The van der Waals surface area contributed by atoms with E-state index in [0.29, 0.717) is 22.5 Å². The number of hydrogen-bond acceptors (Lipinski definition) is 5. The third-order valence-electron chi connectivity index (χ3n) is 5.24. The Morgan fingerprint density at radius 1 is 1.23 bits per heavy atom. The van der Waals surface area contributed by atoms with E-state index in [1.165, 1.54) is 29.2 Å². The number of halogens is 2. The van der Waals surface area contributed by atoms with Crippen molar-refractivity contribution in [2.24, 2.45) is 0 Å². The van der Waals surface area contributed by atoms with Gasteiger partial charge in [-0.2, -0.15) is 0 Å². The van der Waals surface area contributed by atoms with Crippen molar-refractivity contribution < 1.29 is 23.5 Å². The molecule has 8 heteroatoms. The molecule has 160 valence electrons. The lowest BCUT2D eigenvalue weighted by Gasteiger charge is -2.28. The Morgan fingerprint density at radius 2 is 1.97 bits per heavy atom. The first-order chi connectivity index (χ1) is 14.8. The molecule has 0 saturated heterocycles. The molecule has 0 spiro atoms. The SMILES string of the molecule is CN(C)CCN1C(=O)C(O)=C(C(=O)c2cc3cc(Cl)ccc3o2)C1c1ccccc1F. The third-order valence-corrected chi connectivity index (χ3v) is 5.47. The summed E-state index contributed by atoms with van der Waals surface area (Å²) in [6, 6.07) is 11.2. The van der Waals surface area contributed by atoms with E-state index in [2.05, 4.69) is 0 Å². The Kier molecular flexibility index (Phi) is 5.56. The summed E-state index contributed by atoms with van der Waals surface area (Å²) >= 11 is 6.00. The molecule has 2 aromatic carbocycles. The van der Waals surface area contributed by atoms with Gasteiger partial charge in [0.2, 0.25) is 5.78 Å². The van der Waals surface area contributed by atoms with Gasteiger partial charge in [0.25, 0.3) is 5.91 Å². The van der Waals surface area contributed by atoms with Crippen molar-refractivity contribution in [2.45, 2.75) is 6.04 Å². The molecule has 1 N–H and O–H groups in total. The predicted octanol–water partition coefficient (Wildman–Crippen LogP) is 4.37. The van der Waals surface area contributed by atoms with Crippen LogP contribution < -0.4 is 0 Å². The van der Waals surface area contributed by atoms with Gasteiger partial charge in [0, 0.05) is 29.1 Å². The number of carbonyl (C=O) groups excluding carboxylic acids is 2. The van der Waals surface area contributed by atoms with Gasteiger partial charge in [-0.05, 0) is 44.4 Å². The molecule has 1 amide bonds. The molecule has 6 nitrogen and oxygen atoms in total. The molecular weight excluding hydrogens is 423 g/mol. The van der Waals surface area contributed by atoms with Gasteiger partial charge >= 0.3 is 0 Å². The van der Waals surface area contributed by atoms with Gasteiger partial charge in [-0.3, -0.25) is 9.59 Å². The Bertz CT molecular complexity index is 1220. The molecule has 1 unspecified atom stereocenters. The van der Waals surface area contributed by atoms with E-state index in [1.54, 1.807) is 24.3 Å². The molecule has 0 aliphatic carbocycles. The van der Waals surface area contributed by atoms with Gasteiger partial charge in [-0.15, -0.1) is 0 Å². The zero-order chi connectivity index (χ0) is 22.3. The predicted molar refractivity (Wildman–Crippen MR) is 115 cm³/mol. The smallest absolute Gasteiger partial charge is 0.290 e. The first-order valence-corrected chi connectivity index (χ1v) is 10.0. The maximum atomic E-state index is 14.7. The van der Waals surface area contributed by atoms with E-state index in [4.69, 9.17) is 16.0 Å². The highest BCUT2D eigenvalue weighted by molar-refractivity contribution is 6.31. The van der Waals surface area contributed by atoms with Crippen molar-refractivity contribution in [1.82, 2.24) is 9.80 Å². The highest BCUT2D eigenvalue weighted by Gasteiger charge is 2.45. The van der Waals surface area contributed by atoms with Crippen LogP contribution in [0.25, 0.3) is 11.0 Å². The summed E-state index contributed by atoms with van der Waals surface area (Å²) in [7, 11) is 3.66. The number of furan rings is 1. The fourth-order valence-electron chi connectivity index (χ4n) is 3.70. The van der Waals surface area contributed by atoms with E-state index >= 15 is 0 Å². The van der Waals surface area contributed by atoms with Crippen LogP contribution in [0.1, 0.15) is 22.2 Å². The summed E-state index contributed by atoms with van der Waals surface area (Å²) in [5.41, 5.74) is 0.351. The number of carbonyl (C=O) groups is 2. The molecule has 1 aliphatic heterocycles. The maximum absolute atomic E-state index is 14.7. The first kappa shape index (κ1) is 21.1. The second-order valence-electron chi connectivity index (χ2n) is 7.61. The van der Waals surface area contributed by atoms with E-state index in [-0.39, 0.29) is 23.4 Å². The number of fused-ring (bicyclic) bond motifs is 1. The summed E-state index contributed by atoms with van der Waals surface area (Å²) in [4.78, 5) is 29.4. The standard InChI is InChI=1S/C23H20ClFN2O4/c1-26(2)9-10-27-20(15-5-3-4-6-16(15)25)19(22(29)23(27)30)21(28)18-12-13-11-14(24)7-8-17(13)31-18/h3-8,11-12,20,29H,9-10H2,1-2H3. The minimum Gasteiger partial charge on any atom is -0.503 e. The number of Topliss-reactive ketones (excluding diaryl/α,β-unsaturated/α-hetero) is 1. The Morgan fingerprint density at radius 3 is 2.68 bits per heavy atom. The Balaban J connectivity index is 1.81. The van der Waals surface area contributed by atoms with Crippen LogP contribution in [0.4, 0.5) is 4.39 Å². The fourth-order valence-corrected chi connectivity index (χ4v) is 3.88. The van der Waals surface area contributed by atoms with Crippen molar-refractivity contribution in [3.8, 4) is 0 Å². The summed E-state index contributed by atoms with van der Waals surface area (Å²) in [5, 5.41) is 11.7. The summed E-state index contributed by atoms with van der Waals surface area (Å²) in [6.07, 6.45) is 0. The number of rotatable bonds is 6. The second-order valence-corrected chi connectivity index (χ2v) is 8.05. The van der Waals surface area contributed by atoms with Crippen molar-refractivity contribution in [3.63, 3.8) is 0 Å². The van der Waals surface area contributed by atoms with Gasteiger partial charge in [-0.25, -0.2) is 4.39 Å². The minimum atomic E-state index is -1.07. The molecular formula is C23H20ClFN2O4. The largest absolute Gasteiger partial charge is 0.503 e. The monoisotopic (exact) mass is 442 g/mol. The van der Waals surface area contributed by atoms with Crippen LogP contribution in [-0.2, 0) is 4.79 Å². The lowest BCUT2D eigenvalue weighted by Crippen LogP contribution is -2.37. The van der Waals surface area contributed by atoms with E-state index < -0.39 is 29.3 Å². The number of hydrogen-bond donors (Lipinski definition) is 1. The van der Waals surface area contributed by atoms with Crippen molar-refractivity contribution in [3.05, 3.63) is 82.0 Å². The molecule has 0 radical (unpaired) electrons. The van der Waals surface area contributed by atoms with E-state index in [0.717, 1.165) is 0 Å². The number of aliphatic hydroxyl groups is 1. The lowest BCUT2D eigenvalue weighted by atomic mass is 9.94.